The van der Waals surface area contributed by atoms with E-state index in [4.69, 9.17) is 4.52 Å². The average Bonchev–Trinajstić information content (AvgIpc) is 3.16. The Morgan fingerprint density at radius 3 is 2.69 bits per heavy atom. The number of likely N-dealkylation sites (tertiary alicyclic amines) is 1. The van der Waals surface area contributed by atoms with Crippen LogP contribution in [0.3, 0.4) is 0 Å². The molecule has 1 N–H and O–H groups in total. The van der Waals surface area contributed by atoms with Gasteiger partial charge in [-0.05, 0) is 52.2 Å². The molecule has 1 unspecified atom stereocenters. The van der Waals surface area contributed by atoms with Gasteiger partial charge >= 0.3 is 0 Å². The fraction of sp³-hybridized carbons (Fsp3) is 0.450. The summed E-state index contributed by atoms with van der Waals surface area (Å²) in [6, 6.07) is 5.77. The molecule has 1 aliphatic heterocycles. The predicted molar refractivity (Wildman–Crippen MR) is 98.8 cm³/mol. The third-order valence-electron chi connectivity index (χ3n) is 4.96. The highest BCUT2D eigenvalue weighted by molar-refractivity contribution is 6.04. The minimum absolute atomic E-state index is 0.0531. The van der Waals surface area contributed by atoms with E-state index in [0.717, 1.165) is 46.7 Å². The van der Waals surface area contributed by atoms with Gasteiger partial charge in [0.05, 0.1) is 11.7 Å². The summed E-state index contributed by atoms with van der Waals surface area (Å²) in [4.78, 5) is 26.9. The first-order chi connectivity index (χ1) is 12.4. The van der Waals surface area contributed by atoms with Crippen LogP contribution in [0.25, 0.3) is 0 Å². The lowest BCUT2D eigenvalue weighted by Crippen LogP contribution is -2.33. The maximum atomic E-state index is 12.7. The number of aromatic nitrogens is 1. The molecule has 2 amide bonds. The van der Waals surface area contributed by atoms with Crippen LogP contribution in [0, 0.1) is 27.7 Å². The van der Waals surface area contributed by atoms with Crippen molar-refractivity contribution in [1.82, 2.24) is 10.1 Å². The molecule has 26 heavy (non-hydrogen) atoms. The highest BCUT2D eigenvalue weighted by Crippen LogP contribution is 2.35. The maximum Gasteiger partial charge on any atom is 0.233 e. The second kappa shape index (κ2) is 7.32. The van der Waals surface area contributed by atoms with Crippen molar-refractivity contribution in [2.45, 2.75) is 53.0 Å². The molecule has 0 spiro atoms. The van der Waals surface area contributed by atoms with Crippen molar-refractivity contribution in [2.75, 3.05) is 11.9 Å². The van der Waals surface area contributed by atoms with E-state index in [-0.39, 0.29) is 24.3 Å². The fourth-order valence-corrected chi connectivity index (χ4v) is 3.72. The predicted octanol–water partition coefficient (Wildman–Crippen LogP) is 3.60. The molecule has 0 bridgehead atoms. The number of anilines is 1. The summed E-state index contributed by atoms with van der Waals surface area (Å²) >= 11 is 0. The lowest BCUT2D eigenvalue weighted by Gasteiger charge is -2.24. The molecule has 0 radical (unpaired) electrons. The van der Waals surface area contributed by atoms with Crippen molar-refractivity contribution in [3.05, 3.63) is 46.3 Å². The fourth-order valence-electron chi connectivity index (χ4n) is 3.72. The number of hydrogen-bond donors (Lipinski definition) is 1. The third kappa shape index (κ3) is 3.64. The van der Waals surface area contributed by atoms with E-state index < -0.39 is 0 Å². The van der Waals surface area contributed by atoms with Crippen molar-refractivity contribution in [3.8, 4) is 0 Å². The van der Waals surface area contributed by atoms with E-state index in [1.807, 2.05) is 45.9 Å². The molecular weight excluding hydrogens is 330 g/mol. The molecule has 0 aliphatic carbocycles. The second-order valence-electron chi connectivity index (χ2n) is 7.03. The number of nitrogens with zero attached hydrogens (tertiary/aromatic N) is 2. The van der Waals surface area contributed by atoms with E-state index in [2.05, 4.69) is 10.5 Å². The monoisotopic (exact) mass is 355 g/mol. The molecule has 1 atom stereocenters. The van der Waals surface area contributed by atoms with E-state index >= 15 is 0 Å². The van der Waals surface area contributed by atoms with Gasteiger partial charge in [0.1, 0.15) is 12.2 Å². The van der Waals surface area contributed by atoms with Crippen LogP contribution in [-0.4, -0.2) is 28.4 Å². The number of aryl methyl sites for hydroxylation is 4. The van der Waals surface area contributed by atoms with Crippen LogP contribution in [0.5, 0.6) is 0 Å². The highest BCUT2D eigenvalue weighted by Gasteiger charge is 2.34. The summed E-state index contributed by atoms with van der Waals surface area (Å²) in [5, 5.41) is 6.84. The zero-order valence-electron chi connectivity index (χ0n) is 15.8. The van der Waals surface area contributed by atoms with Gasteiger partial charge in [-0.2, -0.15) is 0 Å². The Hall–Kier alpha value is -2.63. The first kappa shape index (κ1) is 18.2. The topological polar surface area (TPSA) is 75.4 Å². The number of amides is 2. The van der Waals surface area contributed by atoms with E-state index in [1.165, 1.54) is 0 Å². The molecule has 1 aromatic carbocycles. The minimum Gasteiger partial charge on any atom is -0.361 e. The number of benzene rings is 1. The van der Waals surface area contributed by atoms with Crippen LogP contribution >= 0.6 is 0 Å². The Balaban J connectivity index is 1.68. The Morgan fingerprint density at radius 1 is 1.27 bits per heavy atom. The van der Waals surface area contributed by atoms with Crippen LogP contribution in [0.2, 0.25) is 0 Å². The van der Waals surface area contributed by atoms with Crippen molar-refractivity contribution in [1.29, 1.82) is 0 Å². The molecule has 1 fully saturated rings. The zero-order valence-corrected chi connectivity index (χ0v) is 15.8. The normalized spacial score (nSPS) is 16.8. The number of rotatable bonds is 4. The minimum atomic E-state index is -0.286. The number of carbonyl (C=O) groups is 2. The number of nitrogens with one attached hydrogen (secondary N) is 1. The van der Waals surface area contributed by atoms with Crippen LogP contribution in [-0.2, 0) is 9.59 Å². The van der Waals surface area contributed by atoms with Gasteiger partial charge in [0.15, 0.2) is 0 Å². The van der Waals surface area contributed by atoms with E-state index in [9.17, 15) is 9.59 Å². The smallest absolute Gasteiger partial charge is 0.233 e. The number of carbonyl (C=O) groups excluding carboxylic acids is 2. The maximum absolute atomic E-state index is 12.7. The average molecular weight is 355 g/mol. The van der Waals surface area contributed by atoms with E-state index in [1.54, 1.807) is 4.90 Å². The van der Waals surface area contributed by atoms with Gasteiger partial charge in [0.25, 0.3) is 0 Å². The SMILES string of the molecule is Cc1ccc(NC(=O)CC(=O)N2CCCC2c2c(C)noc2C)c(C)c1. The summed E-state index contributed by atoms with van der Waals surface area (Å²) in [5.41, 5.74) is 4.66. The molecule has 2 aromatic rings. The van der Waals surface area contributed by atoms with Crippen LogP contribution in [0.15, 0.2) is 22.7 Å². The van der Waals surface area contributed by atoms with Gasteiger partial charge in [0, 0.05) is 17.8 Å². The van der Waals surface area contributed by atoms with Crippen molar-refractivity contribution in [3.63, 3.8) is 0 Å². The largest absolute Gasteiger partial charge is 0.361 e. The van der Waals surface area contributed by atoms with Gasteiger partial charge in [-0.1, -0.05) is 22.9 Å². The Kier molecular flexibility index (Phi) is 5.11. The Morgan fingerprint density at radius 2 is 2.04 bits per heavy atom. The summed E-state index contributed by atoms with van der Waals surface area (Å²) < 4.78 is 5.25. The summed E-state index contributed by atoms with van der Waals surface area (Å²) in [6.45, 7) is 8.36. The van der Waals surface area contributed by atoms with Crippen LogP contribution in [0.1, 0.15) is 53.4 Å². The number of hydrogen-bond acceptors (Lipinski definition) is 4. The molecule has 6 heteroatoms. The lowest BCUT2D eigenvalue weighted by atomic mass is 10.0. The zero-order chi connectivity index (χ0) is 18.8. The molecule has 3 rings (SSSR count). The molecule has 1 saturated heterocycles. The van der Waals surface area contributed by atoms with Crippen molar-refractivity contribution < 1.29 is 14.1 Å². The lowest BCUT2D eigenvalue weighted by molar-refractivity contribution is -0.135. The first-order valence-electron chi connectivity index (χ1n) is 8.96. The third-order valence-corrected chi connectivity index (χ3v) is 4.96. The van der Waals surface area contributed by atoms with Gasteiger partial charge in [-0.25, -0.2) is 0 Å². The summed E-state index contributed by atoms with van der Waals surface area (Å²) in [5.74, 6) is 0.299. The Bertz CT molecular complexity index is 821. The molecule has 1 aliphatic rings. The van der Waals surface area contributed by atoms with Gasteiger partial charge in [-0.15, -0.1) is 0 Å². The summed E-state index contributed by atoms with van der Waals surface area (Å²) in [6.07, 6.45) is 1.62. The van der Waals surface area contributed by atoms with Crippen LogP contribution in [0.4, 0.5) is 5.69 Å². The molecule has 2 heterocycles. The van der Waals surface area contributed by atoms with Crippen molar-refractivity contribution >= 4 is 17.5 Å². The molecule has 138 valence electrons. The van der Waals surface area contributed by atoms with Crippen molar-refractivity contribution in [2.24, 2.45) is 0 Å². The molecule has 0 saturated carbocycles. The molecule has 1 aromatic heterocycles. The first-order valence-corrected chi connectivity index (χ1v) is 8.96. The van der Waals surface area contributed by atoms with Gasteiger partial charge in [-0.3, -0.25) is 9.59 Å². The second-order valence-corrected chi connectivity index (χ2v) is 7.03. The quantitative estimate of drug-likeness (QED) is 0.850. The molecule has 6 nitrogen and oxygen atoms in total. The van der Waals surface area contributed by atoms with Gasteiger partial charge in [0.2, 0.25) is 11.8 Å². The Labute approximate surface area is 153 Å². The highest BCUT2D eigenvalue weighted by atomic mass is 16.5. The molecular formula is C20H25N3O3. The van der Waals surface area contributed by atoms with Gasteiger partial charge < -0.3 is 14.7 Å². The summed E-state index contributed by atoms with van der Waals surface area (Å²) in [7, 11) is 0. The van der Waals surface area contributed by atoms with E-state index in [0.29, 0.717) is 6.54 Å². The standard InChI is InChI=1S/C20H25N3O3/c1-12-7-8-16(13(2)10-12)21-18(24)11-19(25)23-9-5-6-17(23)20-14(3)22-26-15(20)4/h7-8,10,17H,5-6,9,11H2,1-4H3,(H,21,24). The van der Waals surface area contributed by atoms with Crippen LogP contribution < -0.4 is 5.32 Å².